The van der Waals surface area contributed by atoms with Gasteiger partial charge < -0.3 is 9.84 Å². The van der Waals surface area contributed by atoms with Crippen LogP contribution in [0.4, 0.5) is 11.4 Å². The second kappa shape index (κ2) is 7.37. The number of anilines is 1. The van der Waals surface area contributed by atoms with Crippen LogP contribution in [0.25, 0.3) is 11.3 Å². The molecule has 0 aliphatic carbocycles. The number of nitrogens with zero attached hydrogens (tertiary/aromatic N) is 2. The van der Waals surface area contributed by atoms with Crippen LogP contribution in [0.1, 0.15) is 11.3 Å². The number of nitro benzene ring substituents is 1. The van der Waals surface area contributed by atoms with Crippen molar-refractivity contribution in [3.05, 3.63) is 74.9 Å². The van der Waals surface area contributed by atoms with Crippen LogP contribution in [0.15, 0.2) is 53.1 Å². The van der Waals surface area contributed by atoms with E-state index in [2.05, 4.69) is 10.5 Å². The lowest BCUT2D eigenvalue weighted by Crippen LogP contribution is -2.15. The molecule has 0 saturated heterocycles. The van der Waals surface area contributed by atoms with E-state index < -0.39 is 4.92 Å². The molecule has 3 aromatic rings. The topological polar surface area (TPSA) is 98.3 Å². The normalized spacial score (nSPS) is 10.5. The number of carbonyl (C=O) groups excluding carboxylic acids is 1. The molecule has 1 heterocycles. The van der Waals surface area contributed by atoms with Gasteiger partial charge in [0, 0.05) is 34.5 Å². The molecule has 132 valence electrons. The first-order valence-electron chi connectivity index (χ1n) is 7.69. The first kappa shape index (κ1) is 17.6. The fraction of sp³-hybridized carbons (Fsp3) is 0.111. The highest BCUT2D eigenvalue weighted by Gasteiger charge is 2.13. The predicted molar refractivity (Wildman–Crippen MR) is 97.1 cm³/mol. The zero-order valence-electron chi connectivity index (χ0n) is 13.7. The Morgan fingerprint density at radius 3 is 2.62 bits per heavy atom. The van der Waals surface area contributed by atoms with Gasteiger partial charge in [-0.25, -0.2) is 0 Å². The first-order chi connectivity index (χ1) is 12.4. The maximum Gasteiger partial charge on any atom is 0.269 e. The van der Waals surface area contributed by atoms with E-state index in [0.29, 0.717) is 27.7 Å². The number of nitro groups is 1. The molecule has 1 amide bonds. The first-order valence-corrected chi connectivity index (χ1v) is 8.06. The summed E-state index contributed by atoms with van der Waals surface area (Å²) in [7, 11) is 0. The van der Waals surface area contributed by atoms with Gasteiger partial charge in [-0.1, -0.05) is 16.8 Å². The Morgan fingerprint density at radius 2 is 1.96 bits per heavy atom. The number of aromatic nitrogens is 1. The molecular formula is C18H14ClN3O4. The second-order valence-corrected chi connectivity index (χ2v) is 6.11. The van der Waals surface area contributed by atoms with Gasteiger partial charge >= 0.3 is 0 Å². The minimum absolute atomic E-state index is 0.0213. The van der Waals surface area contributed by atoms with Gasteiger partial charge in [-0.15, -0.1) is 0 Å². The van der Waals surface area contributed by atoms with E-state index in [1.165, 1.54) is 18.2 Å². The number of nitrogens with one attached hydrogen (secondary N) is 1. The molecule has 0 radical (unpaired) electrons. The highest BCUT2D eigenvalue weighted by atomic mass is 35.5. The van der Waals surface area contributed by atoms with Crippen molar-refractivity contribution in [2.24, 2.45) is 0 Å². The number of aryl methyl sites for hydroxylation is 1. The van der Waals surface area contributed by atoms with Gasteiger partial charge in [0.2, 0.25) is 5.91 Å². The summed E-state index contributed by atoms with van der Waals surface area (Å²) in [6.45, 7) is 1.69. The molecule has 0 bridgehead atoms. The number of benzene rings is 2. The Hall–Kier alpha value is -3.19. The summed E-state index contributed by atoms with van der Waals surface area (Å²) < 4.78 is 5.26. The predicted octanol–water partition coefficient (Wildman–Crippen LogP) is 4.39. The van der Waals surface area contributed by atoms with Gasteiger partial charge in [-0.05, 0) is 42.8 Å². The van der Waals surface area contributed by atoms with E-state index in [0.717, 1.165) is 5.56 Å². The molecule has 2 aromatic carbocycles. The molecule has 0 atom stereocenters. The lowest BCUT2D eigenvalue weighted by molar-refractivity contribution is -0.384. The Balaban J connectivity index is 1.67. The molecule has 0 unspecified atom stereocenters. The number of halogens is 1. The van der Waals surface area contributed by atoms with Crippen molar-refractivity contribution < 1.29 is 14.2 Å². The maximum atomic E-state index is 12.2. The second-order valence-electron chi connectivity index (χ2n) is 5.67. The fourth-order valence-electron chi connectivity index (χ4n) is 2.41. The highest BCUT2D eigenvalue weighted by Crippen LogP contribution is 2.23. The quantitative estimate of drug-likeness (QED) is 0.529. The Bertz CT molecular complexity index is 967. The van der Waals surface area contributed by atoms with Crippen LogP contribution in [0.5, 0.6) is 0 Å². The zero-order valence-corrected chi connectivity index (χ0v) is 14.5. The van der Waals surface area contributed by atoms with Gasteiger partial charge in [0.25, 0.3) is 5.69 Å². The van der Waals surface area contributed by atoms with Gasteiger partial charge in [0.1, 0.15) is 0 Å². The van der Waals surface area contributed by atoms with E-state index in [-0.39, 0.29) is 18.0 Å². The third kappa shape index (κ3) is 4.07. The highest BCUT2D eigenvalue weighted by molar-refractivity contribution is 6.30. The smallest absolute Gasteiger partial charge is 0.269 e. The molecule has 0 saturated carbocycles. The summed E-state index contributed by atoms with van der Waals surface area (Å²) in [6.07, 6.45) is 0.0213. The van der Waals surface area contributed by atoms with E-state index in [1.807, 2.05) is 0 Å². The molecule has 0 aliphatic heterocycles. The van der Waals surface area contributed by atoms with Gasteiger partial charge in [-0.3, -0.25) is 14.9 Å². The van der Waals surface area contributed by atoms with Crippen molar-refractivity contribution in [2.45, 2.75) is 13.3 Å². The molecule has 8 heteroatoms. The van der Waals surface area contributed by atoms with E-state index in [1.54, 1.807) is 37.3 Å². The van der Waals surface area contributed by atoms with Gasteiger partial charge in [0.15, 0.2) is 5.76 Å². The van der Waals surface area contributed by atoms with Crippen LogP contribution < -0.4 is 5.32 Å². The number of rotatable bonds is 5. The SMILES string of the molecule is Cc1cc([N+](=O)[O-])ccc1NC(=O)Cc1cc(-c2ccc(Cl)cc2)on1. The monoisotopic (exact) mass is 371 g/mol. The van der Waals surface area contributed by atoms with Crippen molar-refractivity contribution in [2.75, 3.05) is 5.32 Å². The molecule has 26 heavy (non-hydrogen) atoms. The zero-order chi connectivity index (χ0) is 18.7. The average molecular weight is 372 g/mol. The summed E-state index contributed by atoms with van der Waals surface area (Å²) in [5, 5.41) is 18.0. The van der Waals surface area contributed by atoms with E-state index in [9.17, 15) is 14.9 Å². The summed E-state index contributed by atoms with van der Waals surface area (Å²) in [5.41, 5.74) is 2.38. The van der Waals surface area contributed by atoms with Crippen molar-refractivity contribution in [3.63, 3.8) is 0 Å². The molecule has 1 N–H and O–H groups in total. The molecule has 7 nitrogen and oxygen atoms in total. The molecular weight excluding hydrogens is 358 g/mol. The summed E-state index contributed by atoms with van der Waals surface area (Å²) in [5.74, 6) is 0.244. The van der Waals surface area contributed by atoms with Crippen LogP contribution >= 0.6 is 11.6 Å². The van der Waals surface area contributed by atoms with Gasteiger partial charge in [-0.2, -0.15) is 0 Å². The Kier molecular flexibility index (Phi) is 4.99. The van der Waals surface area contributed by atoms with Gasteiger partial charge in [0.05, 0.1) is 17.0 Å². The largest absolute Gasteiger partial charge is 0.356 e. The van der Waals surface area contributed by atoms with Crippen LogP contribution in [0, 0.1) is 17.0 Å². The number of carbonyl (C=O) groups is 1. The van der Waals surface area contributed by atoms with Crippen LogP contribution in [-0.2, 0) is 11.2 Å². The number of non-ortho nitro benzene ring substituents is 1. The van der Waals surface area contributed by atoms with Crippen LogP contribution in [0.3, 0.4) is 0 Å². The molecule has 0 spiro atoms. The number of amides is 1. The molecule has 1 aromatic heterocycles. The van der Waals surface area contributed by atoms with E-state index >= 15 is 0 Å². The summed E-state index contributed by atoms with van der Waals surface area (Å²) in [4.78, 5) is 22.5. The third-order valence-electron chi connectivity index (χ3n) is 3.72. The van der Waals surface area contributed by atoms with Crippen molar-refractivity contribution in [1.82, 2.24) is 5.16 Å². The molecule has 0 fully saturated rings. The third-order valence-corrected chi connectivity index (χ3v) is 3.98. The van der Waals surface area contributed by atoms with E-state index in [4.69, 9.17) is 16.1 Å². The molecule has 0 aliphatic rings. The minimum Gasteiger partial charge on any atom is -0.356 e. The fourth-order valence-corrected chi connectivity index (χ4v) is 2.53. The lowest BCUT2D eigenvalue weighted by atomic mass is 10.1. The summed E-state index contributed by atoms with van der Waals surface area (Å²) >= 11 is 5.85. The molecule has 3 rings (SSSR count). The average Bonchev–Trinajstić information content (AvgIpc) is 3.05. The van der Waals surface area contributed by atoms with Crippen LogP contribution in [-0.4, -0.2) is 16.0 Å². The van der Waals surface area contributed by atoms with Crippen molar-refractivity contribution in [3.8, 4) is 11.3 Å². The lowest BCUT2D eigenvalue weighted by Gasteiger charge is -2.07. The van der Waals surface area contributed by atoms with Crippen molar-refractivity contribution in [1.29, 1.82) is 0 Å². The Labute approximate surface area is 153 Å². The van der Waals surface area contributed by atoms with Crippen molar-refractivity contribution >= 4 is 28.9 Å². The summed E-state index contributed by atoms with van der Waals surface area (Å²) in [6, 6.07) is 13.0. The number of hydrogen-bond acceptors (Lipinski definition) is 5. The Morgan fingerprint density at radius 1 is 1.23 bits per heavy atom. The minimum atomic E-state index is -0.480. The number of hydrogen-bond donors (Lipinski definition) is 1. The van der Waals surface area contributed by atoms with Crippen LogP contribution in [0.2, 0.25) is 5.02 Å². The standard InChI is InChI=1S/C18H14ClN3O4/c1-11-8-15(22(24)25)6-7-16(11)20-18(23)10-14-9-17(26-21-14)12-2-4-13(19)5-3-12/h2-9H,10H2,1H3,(H,20,23). The maximum absolute atomic E-state index is 12.2.